The molecule has 6 heteroatoms. The van der Waals surface area contributed by atoms with Gasteiger partial charge >= 0.3 is 6.03 Å². The van der Waals surface area contributed by atoms with Crippen LogP contribution in [0.3, 0.4) is 0 Å². The van der Waals surface area contributed by atoms with Crippen molar-refractivity contribution in [3.63, 3.8) is 0 Å². The van der Waals surface area contributed by atoms with Gasteiger partial charge in [-0.1, -0.05) is 43.7 Å². The highest BCUT2D eigenvalue weighted by molar-refractivity contribution is 7.92. The summed E-state index contributed by atoms with van der Waals surface area (Å²) in [5, 5.41) is 5.65. The molecule has 5 nitrogen and oxygen atoms in total. The van der Waals surface area contributed by atoms with Gasteiger partial charge in [-0.05, 0) is 25.3 Å². The molecule has 23 heavy (non-hydrogen) atoms. The molecular weight excluding hydrogens is 312 g/mol. The van der Waals surface area contributed by atoms with Crippen molar-refractivity contribution in [3.8, 4) is 0 Å². The highest BCUT2D eigenvalue weighted by Crippen LogP contribution is 2.38. The summed E-state index contributed by atoms with van der Waals surface area (Å²) >= 11 is 0. The van der Waals surface area contributed by atoms with Crippen LogP contribution in [0.5, 0.6) is 0 Å². The van der Waals surface area contributed by atoms with E-state index in [1.807, 2.05) is 37.3 Å². The summed E-state index contributed by atoms with van der Waals surface area (Å²) in [4.78, 5) is 12.1. The molecule has 1 aliphatic rings. The molecule has 0 saturated heterocycles. The van der Waals surface area contributed by atoms with Crippen molar-refractivity contribution in [2.75, 3.05) is 12.8 Å². The van der Waals surface area contributed by atoms with Crippen LogP contribution in [0.2, 0.25) is 0 Å². The first-order valence-electron chi connectivity index (χ1n) is 8.04. The fourth-order valence-electron chi connectivity index (χ4n) is 2.92. The first-order chi connectivity index (χ1) is 10.8. The Balaban J connectivity index is 1.87. The fraction of sp³-hybridized carbons (Fsp3) is 0.588. The second-order valence-corrected chi connectivity index (χ2v) is 9.03. The van der Waals surface area contributed by atoms with E-state index < -0.39 is 14.6 Å². The van der Waals surface area contributed by atoms with Crippen LogP contribution in [-0.4, -0.2) is 38.0 Å². The molecule has 0 aromatic heterocycles. The van der Waals surface area contributed by atoms with E-state index in [9.17, 15) is 13.2 Å². The Morgan fingerprint density at radius 2 is 1.83 bits per heavy atom. The Hall–Kier alpha value is -1.56. The summed E-state index contributed by atoms with van der Waals surface area (Å²) in [6, 6.07) is 9.63. The van der Waals surface area contributed by atoms with Crippen molar-refractivity contribution in [3.05, 3.63) is 35.9 Å². The third-order valence-corrected chi connectivity index (χ3v) is 7.18. The predicted molar refractivity (Wildman–Crippen MR) is 92.3 cm³/mol. The molecule has 1 aliphatic carbocycles. The lowest BCUT2D eigenvalue weighted by Crippen LogP contribution is -2.55. The minimum atomic E-state index is -3.15. The predicted octanol–water partition coefficient (Wildman–Crippen LogP) is 2.45. The number of carbonyl (C=O) groups is 1. The highest BCUT2D eigenvalue weighted by atomic mass is 32.2. The number of carbonyl (C=O) groups excluding carboxylic acids is 1. The average molecular weight is 338 g/mol. The Morgan fingerprint density at radius 3 is 2.30 bits per heavy atom. The Morgan fingerprint density at radius 1 is 1.22 bits per heavy atom. The van der Waals surface area contributed by atoms with Crippen molar-refractivity contribution in [2.45, 2.75) is 49.8 Å². The van der Waals surface area contributed by atoms with Crippen molar-refractivity contribution in [2.24, 2.45) is 0 Å². The standard InChI is InChI=1S/C17H26N2O3S/c1-13(15-8-5-4-6-9-15)14(2)19-16(20)18-12-17(10-7-11-17)23(3,21)22/h4-6,8-9,13-14H,7,10-12H2,1-3H3,(H2,18,19,20). The van der Waals surface area contributed by atoms with E-state index in [0.29, 0.717) is 12.8 Å². The molecular formula is C17H26N2O3S. The van der Waals surface area contributed by atoms with Gasteiger partial charge in [-0.25, -0.2) is 13.2 Å². The summed E-state index contributed by atoms with van der Waals surface area (Å²) in [5.74, 6) is 0.175. The lowest BCUT2D eigenvalue weighted by atomic mass is 9.84. The maximum Gasteiger partial charge on any atom is 0.315 e. The molecule has 2 N–H and O–H groups in total. The van der Waals surface area contributed by atoms with Gasteiger partial charge in [0, 0.05) is 24.8 Å². The van der Waals surface area contributed by atoms with Gasteiger partial charge in [0.1, 0.15) is 0 Å². The second kappa shape index (κ2) is 6.91. The molecule has 0 bridgehead atoms. The van der Waals surface area contributed by atoms with Gasteiger partial charge < -0.3 is 10.6 Å². The zero-order valence-corrected chi connectivity index (χ0v) is 14.8. The highest BCUT2D eigenvalue weighted by Gasteiger charge is 2.46. The minimum Gasteiger partial charge on any atom is -0.337 e. The Bertz CT molecular complexity index is 639. The largest absolute Gasteiger partial charge is 0.337 e. The second-order valence-electron chi connectivity index (χ2n) is 6.62. The molecule has 1 aromatic rings. The summed E-state index contributed by atoms with van der Waals surface area (Å²) in [5.41, 5.74) is 1.16. The van der Waals surface area contributed by atoms with Crippen molar-refractivity contribution in [1.82, 2.24) is 10.6 Å². The molecule has 1 fully saturated rings. The van der Waals surface area contributed by atoms with Crippen LogP contribution in [0.25, 0.3) is 0 Å². The monoisotopic (exact) mass is 338 g/mol. The summed E-state index contributed by atoms with van der Waals surface area (Å²) in [6.45, 7) is 4.20. The molecule has 1 saturated carbocycles. The maximum atomic E-state index is 12.1. The molecule has 2 atom stereocenters. The first-order valence-corrected chi connectivity index (χ1v) is 9.93. The topological polar surface area (TPSA) is 75.3 Å². The molecule has 0 aliphatic heterocycles. The number of sulfone groups is 1. The Kier molecular flexibility index (Phi) is 5.34. The van der Waals surface area contributed by atoms with Crippen LogP contribution in [0.1, 0.15) is 44.6 Å². The van der Waals surface area contributed by atoms with Crippen molar-refractivity contribution in [1.29, 1.82) is 0 Å². The quantitative estimate of drug-likeness (QED) is 0.836. The molecule has 1 aromatic carbocycles. The van der Waals surface area contributed by atoms with E-state index in [1.54, 1.807) is 0 Å². The first kappa shape index (κ1) is 17.8. The molecule has 0 radical (unpaired) electrons. The van der Waals surface area contributed by atoms with E-state index in [4.69, 9.17) is 0 Å². The van der Waals surface area contributed by atoms with Crippen LogP contribution >= 0.6 is 0 Å². The normalized spacial score (nSPS) is 19.3. The van der Waals surface area contributed by atoms with Gasteiger partial charge in [0.05, 0.1) is 4.75 Å². The van der Waals surface area contributed by atoms with E-state index in [2.05, 4.69) is 17.6 Å². The van der Waals surface area contributed by atoms with E-state index in [0.717, 1.165) is 12.0 Å². The van der Waals surface area contributed by atoms with Gasteiger partial charge in [0.2, 0.25) is 0 Å². The van der Waals surface area contributed by atoms with Gasteiger partial charge in [0.25, 0.3) is 0 Å². The third kappa shape index (κ3) is 4.05. The lowest BCUT2D eigenvalue weighted by Gasteiger charge is -2.40. The van der Waals surface area contributed by atoms with Gasteiger partial charge in [-0.15, -0.1) is 0 Å². The molecule has 2 amide bonds. The number of hydrogen-bond donors (Lipinski definition) is 2. The van der Waals surface area contributed by atoms with Crippen LogP contribution < -0.4 is 10.6 Å². The van der Waals surface area contributed by atoms with E-state index in [1.165, 1.54) is 6.26 Å². The fourth-order valence-corrected chi connectivity index (χ4v) is 4.28. The Labute approximate surface area is 138 Å². The number of nitrogens with one attached hydrogen (secondary N) is 2. The summed E-state index contributed by atoms with van der Waals surface area (Å²) in [6.07, 6.45) is 3.41. The number of amides is 2. The van der Waals surface area contributed by atoms with Crippen LogP contribution in [0.4, 0.5) is 4.79 Å². The zero-order valence-electron chi connectivity index (χ0n) is 14.0. The van der Waals surface area contributed by atoms with Crippen LogP contribution in [0.15, 0.2) is 30.3 Å². The molecule has 0 heterocycles. The summed E-state index contributed by atoms with van der Waals surface area (Å²) in [7, 11) is -3.15. The van der Waals surface area contributed by atoms with Gasteiger partial charge in [-0.2, -0.15) is 0 Å². The molecule has 2 unspecified atom stereocenters. The summed E-state index contributed by atoms with van der Waals surface area (Å²) < 4.78 is 23.0. The van der Waals surface area contributed by atoms with Crippen molar-refractivity contribution < 1.29 is 13.2 Å². The maximum absolute atomic E-state index is 12.1. The zero-order chi connectivity index (χ0) is 17.1. The SMILES string of the molecule is CC(NC(=O)NCC1(S(C)(=O)=O)CCC1)C(C)c1ccccc1. The lowest BCUT2D eigenvalue weighted by molar-refractivity contribution is 0.231. The average Bonchev–Trinajstić information content (AvgIpc) is 2.44. The van der Waals surface area contributed by atoms with Gasteiger partial charge in [-0.3, -0.25) is 0 Å². The smallest absolute Gasteiger partial charge is 0.315 e. The number of hydrogen-bond acceptors (Lipinski definition) is 3. The third-order valence-electron chi connectivity index (χ3n) is 5.06. The number of benzene rings is 1. The molecule has 2 rings (SSSR count). The van der Waals surface area contributed by atoms with Crippen LogP contribution in [0, 0.1) is 0 Å². The van der Waals surface area contributed by atoms with Gasteiger partial charge in [0.15, 0.2) is 9.84 Å². The van der Waals surface area contributed by atoms with E-state index in [-0.39, 0.29) is 24.5 Å². The minimum absolute atomic E-state index is 0.0482. The van der Waals surface area contributed by atoms with Crippen molar-refractivity contribution >= 4 is 15.9 Å². The van der Waals surface area contributed by atoms with Crippen LogP contribution in [-0.2, 0) is 9.84 Å². The number of rotatable bonds is 6. The molecule has 128 valence electrons. The van der Waals surface area contributed by atoms with E-state index >= 15 is 0 Å². The number of urea groups is 1. The molecule has 0 spiro atoms.